The van der Waals surface area contributed by atoms with Crippen molar-refractivity contribution in [1.82, 2.24) is 0 Å². The predicted molar refractivity (Wildman–Crippen MR) is 36.0 cm³/mol. The van der Waals surface area contributed by atoms with Gasteiger partial charge in [0.1, 0.15) is 0 Å². The summed E-state index contributed by atoms with van der Waals surface area (Å²) in [4.78, 5) is 2.37. The molecular weight excluding hydrogens is 315 g/mol. The Morgan fingerprint density at radius 3 is 2.14 bits per heavy atom. The molecule has 1 atom stereocenters. The fraction of sp³-hybridized carbons (Fsp3) is 1.00. The van der Waals surface area contributed by atoms with Crippen molar-refractivity contribution in [3.05, 3.63) is 0 Å². The van der Waals surface area contributed by atoms with Crippen molar-refractivity contribution in [2.24, 2.45) is 0 Å². The van der Waals surface area contributed by atoms with Gasteiger partial charge in [0.2, 0.25) is 0 Å². The molecule has 0 bridgehead atoms. The first-order valence-corrected chi connectivity index (χ1v) is 7.04. The van der Waals surface area contributed by atoms with E-state index < -0.39 is 0 Å². The molecule has 0 aliphatic rings. The second kappa shape index (κ2) is 3.58. The summed E-state index contributed by atoms with van der Waals surface area (Å²) in [6, 6.07) is 0. The van der Waals surface area contributed by atoms with Gasteiger partial charge in [-0.15, -0.1) is 0 Å². The molecule has 7 heavy (non-hydrogen) atoms. The Kier molecular flexibility index (Phi) is 4.38. The summed E-state index contributed by atoms with van der Waals surface area (Å²) in [6.45, 7) is 4.64. The van der Waals surface area contributed by atoms with E-state index in [0.717, 1.165) is 1.51 Å². The van der Waals surface area contributed by atoms with E-state index in [-0.39, 0.29) is 0 Å². The summed E-state index contributed by atoms with van der Waals surface area (Å²) in [5.74, 6) is 0. The molecule has 0 saturated heterocycles. The molecule has 0 aliphatic carbocycles. The van der Waals surface area contributed by atoms with Gasteiger partial charge in [0.15, 0.2) is 0 Å². The van der Waals surface area contributed by atoms with Gasteiger partial charge in [0.05, 0.1) is 0 Å². The van der Waals surface area contributed by atoms with Gasteiger partial charge >= 0.3 is 70.0 Å². The molecule has 1 radical (unpaired) electrons. The molecule has 0 fully saturated rings. The standard InChI is InChI=1S/C5H11Te2/c1-4-5(2,6)7-3/h4H2,1-3H3. The summed E-state index contributed by atoms with van der Waals surface area (Å²) in [5, 5.41) is 0. The number of hydrogen-bond acceptors (Lipinski definition) is 0. The Hall–Kier alpha value is 1.58. The third kappa shape index (κ3) is 4.11. The van der Waals surface area contributed by atoms with E-state index in [4.69, 9.17) is 0 Å². The molecule has 0 heterocycles. The zero-order valence-corrected chi connectivity index (χ0v) is 9.68. The minimum atomic E-state index is 0.314. The van der Waals surface area contributed by atoms with Crippen molar-refractivity contribution in [3.63, 3.8) is 0 Å². The van der Waals surface area contributed by atoms with Crippen molar-refractivity contribution in [2.45, 2.75) is 26.8 Å². The molecule has 0 spiro atoms. The van der Waals surface area contributed by atoms with Crippen molar-refractivity contribution >= 4 is 43.2 Å². The van der Waals surface area contributed by atoms with Gasteiger partial charge < -0.3 is 0 Å². The van der Waals surface area contributed by atoms with Gasteiger partial charge in [-0.25, -0.2) is 0 Å². The van der Waals surface area contributed by atoms with Gasteiger partial charge in [-0.1, -0.05) is 0 Å². The zero-order chi connectivity index (χ0) is 5.91. The molecule has 0 nitrogen and oxygen atoms in total. The Labute approximate surface area is 69.4 Å². The van der Waals surface area contributed by atoms with Crippen LogP contribution in [-0.4, -0.2) is 43.2 Å². The van der Waals surface area contributed by atoms with E-state index >= 15 is 0 Å². The summed E-state index contributed by atoms with van der Waals surface area (Å²) >= 11 is 2.60. The minimum absolute atomic E-state index is 0.314. The van der Waals surface area contributed by atoms with Crippen LogP contribution in [0.25, 0.3) is 0 Å². The summed E-state index contributed by atoms with van der Waals surface area (Å²) < 4.78 is 0.723. The molecule has 0 saturated carbocycles. The summed E-state index contributed by atoms with van der Waals surface area (Å²) in [7, 11) is 0. The first kappa shape index (κ1) is 8.58. The Morgan fingerprint density at radius 1 is 1.71 bits per heavy atom. The molecule has 2 heteroatoms. The van der Waals surface area contributed by atoms with Crippen molar-refractivity contribution < 1.29 is 0 Å². The first-order valence-electron chi connectivity index (χ1n) is 2.38. The quantitative estimate of drug-likeness (QED) is 0.674. The van der Waals surface area contributed by atoms with E-state index in [9.17, 15) is 0 Å². The van der Waals surface area contributed by atoms with Crippen molar-refractivity contribution in [3.8, 4) is 0 Å². The SMILES string of the molecule is CCC(C)([Te])[Te]C. The average molecular weight is 326 g/mol. The van der Waals surface area contributed by atoms with E-state index in [0.29, 0.717) is 20.9 Å². The molecule has 0 rings (SSSR count). The van der Waals surface area contributed by atoms with Crippen LogP contribution in [0.5, 0.6) is 0 Å². The zero-order valence-electron chi connectivity index (χ0n) is 5.02. The van der Waals surface area contributed by atoms with Crippen LogP contribution >= 0.6 is 0 Å². The number of rotatable bonds is 2. The molecule has 0 amide bonds. The van der Waals surface area contributed by atoms with Crippen LogP contribution in [0, 0.1) is 0 Å². The van der Waals surface area contributed by atoms with Gasteiger partial charge in [0, 0.05) is 0 Å². The van der Waals surface area contributed by atoms with Crippen LogP contribution in [0.15, 0.2) is 0 Å². The summed E-state index contributed by atoms with van der Waals surface area (Å²) in [6.07, 6.45) is 1.36. The van der Waals surface area contributed by atoms with E-state index in [1.54, 1.807) is 0 Å². The maximum absolute atomic E-state index is 2.37. The molecule has 0 aromatic heterocycles. The molecule has 43 valence electrons. The van der Waals surface area contributed by atoms with Crippen LogP contribution in [0.3, 0.4) is 0 Å². The fourth-order valence-electron chi connectivity index (χ4n) is 0.144. The molecule has 1 unspecified atom stereocenters. The molecule has 0 aromatic carbocycles. The Balaban J connectivity index is 3.36. The molecular formula is C5H11Te2. The summed E-state index contributed by atoms with van der Waals surface area (Å²) in [5.41, 5.74) is 0. The third-order valence-electron chi connectivity index (χ3n) is 1.07. The molecule has 0 aliphatic heterocycles. The topological polar surface area (TPSA) is 0 Å². The van der Waals surface area contributed by atoms with E-state index in [2.05, 4.69) is 41.1 Å². The van der Waals surface area contributed by atoms with Crippen molar-refractivity contribution in [2.75, 3.05) is 0 Å². The van der Waals surface area contributed by atoms with Crippen LogP contribution < -0.4 is 0 Å². The van der Waals surface area contributed by atoms with Gasteiger partial charge in [-0.3, -0.25) is 0 Å². The maximum atomic E-state index is 2.37. The molecule has 0 N–H and O–H groups in total. The third-order valence-corrected chi connectivity index (χ3v) is 8.38. The Morgan fingerprint density at radius 2 is 2.14 bits per heavy atom. The van der Waals surface area contributed by atoms with E-state index in [1.165, 1.54) is 6.42 Å². The van der Waals surface area contributed by atoms with Gasteiger partial charge in [-0.05, 0) is 0 Å². The number of hydrogen-bond donors (Lipinski definition) is 0. The predicted octanol–water partition coefficient (Wildman–Crippen LogP) is 1.45. The normalized spacial score (nSPS) is 18.9. The van der Waals surface area contributed by atoms with Crippen LogP contribution in [0.1, 0.15) is 20.3 Å². The van der Waals surface area contributed by atoms with Gasteiger partial charge in [0.25, 0.3) is 0 Å². The molecule has 0 aromatic rings. The monoisotopic (exact) mass is 331 g/mol. The van der Waals surface area contributed by atoms with Crippen molar-refractivity contribution in [1.29, 1.82) is 0 Å². The van der Waals surface area contributed by atoms with Gasteiger partial charge in [-0.2, -0.15) is 0 Å². The second-order valence-corrected chi connectivity index (χ2v) is 10.5. The second-order valence-electron chi connectivity index (χ2n) is 1.69. The van der Waals surface area contributed by atoms with Crippen LogP contribution in [0.2, 0.25) is 6.48 Å². The first-order chi connectivity index (χ1) is 3.12. The fourth-order valence-corrected chi connectivity index (χ4v) is 0.968. The Bertz CT molecular complexity index is 44.0. The van der Waals surface area contributed by atoms with Crippen LogP contribution in [0.4, 0.5) is 0 Å². The average Bonchev–Trinajstić information content (AvgIpc) is 1.68. The van der Waals surface area contributed by atoms with Crippen LogP contribution in [-0.2, 0) is 0 Å². The van der Waals surface area contributed by atoms with E-state index in [1.807, 2.05) is 0 Å².